The lowest BCUT2D eigenvalue weighted by atomic mass is 10.1. The van der Waals surface area contributed by atoms with E-state index in [1.807, 2.05) is 0 Å². The molecule has 0 unspecified atom stereocenters. The molecule has 0 aromatic carbocycles. The maximum atomic E-state index is 12.7. The molecule has 1 saturated heterocycles. The molecule has 1 heterocycles. The Morgan fingerprint density at radius 2 is 1.89 bits per heavy atom. The van der Waals surface area contributed by atoms with Crippen LogP contribution in [-0.2, 0) is 4.74 Å². The van der Waals surface area contributed by atoms with Gasteiger partial charge in [0.2, 0.25) is 0 Å². The van der Waals surface area contributed by atoms with Crippen LogP contribution in [0.5, 0.6) is 0 Å². The van der Waals surface area contributed by atoms with Gasteiger partial charge in [0.1, 0.15) is 5.60 Å². The largest absolute Gasteiger partial charge is 0.444 e. The Balaban J connectivity index is 2.04. The number of halogens is 3. The molecule has 104 valence electrons. The van der Waals surface area contributed by atoms with Gasteiger partial charge in [-0.1, -0.05) is 0 Å². The Bertz CT molecular complexity index is 348. The van der Waals surface area contributed by atoms with Crippen molar-refractivity contribution in [3.63, 3.8) is 0 Å². The van der Waals surface area contributed by atoms with Gasteiger partial charge in [-0.2, -0.15) is 13.2 Å². The monoisotopic (exact) mass is 265 g/mol. The van der Waals surface area contributed by atoms with Gasteiger partial charge in [0.25, 0.3) is 0 Å². The number of piperidine rings is 1. The third kappa shape index (κ3) is 2.57. The number of carbonyl (C=O) groups is 1. The molecule has 1 saturated carbocycles. The van der Waals surface area contributed by atoms with Gasteiger partial charge >= 0.3 is 12.3 Å². The van der Waals surface area contributed by atoms with Crippen molar-refractivity contribution in [2.24, 2.45) is 11.8 Å². The predicted octanol–water partition coefficient (Wildman–Crippen LogP) is 3.19. The highest BCUT2D eigenvalue weighted by Crippen LogP contribution is 2.57. The zero-order valence-electron chi connectivity index (χ0n) is 10.8. The van der Waals surface area contributed by atoms with E-state index in [0.29, 0.717) is 19.4 Å². The van der Waals surface area contributed by atoms with Crippen molar-refractivity contribution in [2.75, 3.05) is 6.54 Å². The van der Waals surface area contributed by atoms with Gasteiger partial charge in [-0.3, -0.25) is 0 Å². The highest BCUT2D eigenvalue weighted by atomic mass is 19.4. The van der Waals surface area contributed by atoms with E-state index in [1.165, 1.54) is 4.90 Å². The van der Waals surface area contributed by atoms with E-state index in [4.69, 9.17) is 4.74 Å². The summed E-state index contributed by atoms with van der Waals surface area (Å²) < 4.78 is 43.4. The second kappa shape index (κ2) is 4.03. The van der Waals surface area contributed by atoms with Crippen LogP contribution < -0.4 is 0 Å². The van der Waals surface area contributed by atoms with Crippen molar-refractivity contribution in [1.29, 1.82) is 0 Å². The van der Waals surface area contributed by atoms with E-state index < -0.39 is 35.7 Å². The molecule has 2 aliphatic rings. The van der Waals surface area contributed by atoms with Gasteiger partial charge in [0, 0.05) is 6.54 Å². The van der Waals surface area contributed by atoms with Crippen LogP contribution in [0.25, 0.3) is 0 Å². The Hall–Kier alpha value is -0.940. The van der Waals surface area contributed by atoms with Crippen molar-refractivity contribution >= 4 is 6.09 Å². The summed E-state index contributed by atoms with van der Waals surface area (Å²) in [5, 5.41) is 0. The van der Waals surface area contributed by atoms with Gasteiger partial charge in [0.15, 0.2) is 0 Å². The standard InChI is InChI=1S/C12H18F3NO2/c1-11(2,3)18-10(17)16-6-4-5-7-8(9(7)16)12(13,14)15/h7-9H,4-6H2,1-3H3/t7-,8+,9-/m0/s1. The van der Waals surface area contributed by atoms with E-state index in [0.717, 1.165) is 0 Å². The Kier molecular flexibility index (Phi) is 3.02. The first-order chi connectivity index (χ1) is 8.11. The van der Waals surface area contributed by atoms with Crippen LogP contribution in [0.4, 0.5) is 18.0 Å². The molecule has 6 heteroatoms. The van der Waals surface area contributed by atoms with Crippen molar-refractivity contribution in [3.8, 4) is 0 Å². The second-order valence-electron chi connectivity index (χ2n) is 6.04. The topological polar surface area (TPSA) is 29.5 Å². The van der Waals surface area contributed by atoms with Crippen molar-refractivity contribution in [2.45, 2.75) is 51.4 Å². The minimum atomic E-state index is -4.21. The molecule has 3 nitrogen and oxygen atoms in total. The molecular weight excluding hydrogens is 247 g/mol. The van der Waals surface area contributed by atoms with Crippen molar-refractivity contribution in [3.05, 3.63) is 0 Å². The van der Waals surface area contributed by atoms with Crippen LogP contribution in [0.15, 0.2) is 0 Å². The summed E-state index contributed by atoms with van der Waals surface area (Å²) in [6.45, 7) is 5.49. The lowest BCUT2D eigenvalue weighted by Crippen LogP contribution is -2.42. The van der Waals surface area contributed by atoms with Crippen LogP contribution in [0.3, 0.4) is 0 Å². The van der Waals surface area contributed by atoms with Gasteiger partial charge in [-0.15, -0.1) is 0 Å². The molecule has 0 bridgehead atoms. The third-order valence-corrected chi connectivity index (χ3v) is 3.43. The van der Waals surface area contributed by atoms with E-state index in [2.05, 4.69) is 0 Å². The fraction of sp³-hybridized carbons (Fsp3) is 0.917. The minimum Gasteiger partial charge on any atom is -0.444 e. The number of hydrogen-bond acceptors (Lipinski definition) is 2. The van der Waals surface area contributed by atoms with Crippen LogP contribution in [0.2, 0.25) is 0 Å². The Morgan fingerprint density at radius 3 is 2.39 bits per heavy atom. The molecule has 2 fully saturated rings. The third-order valence-electron chi connectivity index (χ3n) is 3.43. The molecule has 0 aromatic rings. The quantitative estimate of drug-likeness (QED) is 0.673. The fourth-order valence-corrected chi connectivity index (χ4v) is 2.75. The summed E-state index contributed by atoms with van der Waals surface area (Å²) in [5.41, 5.74) is -0.674. The molecule has 1 amide bonds. The molecule has 0 radical (unpaired) electrons. The van der Waals surface area contributed by atoms with E-state index in [-0.39, 0.29) is 0 Å². The molecule has 0 aromatic heterocycles. The molecular formula is C12H18F3NO2. The number of hydrogen-bond donors (Lipinski definition) is 0. The van der Waals surface area contributed by atoms with Crippen LogP contribution in [0.1, 0.15) is 33.6 Å². The van der Waals surface area contributed by atoms with E-state index in [1.54, 1.807) is 20.8 Å². The maximum Gasteiger partial charge on any atom is 0.410 e. The average Bonchev–Trinajstić information content (AvgIpc) is 2.86. The number of carbonyl (C=O) groups excluding carboxylic acids is 1. The lowest BCUT2D eigenvalue weighted by molar-refractivity contribution is -0.153. The van der Waals surface area contributed by atoms with Crippen LogP contribution in [0, 0.1) is 11.8 Å². The van der Waals surface area contributed by atoms with Gasteiger partial charge in [-0.25, -0.2) is 4.79 Å². The second-order valence-corrected chi connectivity index (χ2v) is 6.04. The van der Waals surface area contributed by atoms with Crippen LogP contribution >= 0.6 is 0 Å². The summed E-state index contributed by atoms with van der Waals surface area (Å²) >= 11 is 0. The molecule has 1 aliphatic heterocycles. The predicted molar refractivity (Wildman–Crippen MR) is 59.0 cm³/mol. The summed E-state index contributed by atoms with van der Waals surface area (Å²) in [4.78, 5) is 13.1. The summed E-state index contributed by atoms with van der Waals surface area (Å²) in [7, 11) is 0. The molecule has 18 heavy (non-hydrogen) atoms. The molecule has 1 aliphatic carbocycles. The first-order valence-corrected chi connectivity index (χ1v) is 6.17. The number of amides is 1. The highest BCUT2D eigenvalue weighted by Gasteiger charge is 2.68. The molecule has 0 N–H and O–H groups in total. The molecule has 3 atom stereocenters. The zero-order valence-corrected chi connectivity index (χ0v) is 10.8. The van der Waals surface area contributed by atoms with Gasteiger partial charge in [0.05, 0.1) is 12.0 Å². The highest BCUT2D eigenvalue weighted by molar-refractivity contribution is 5.69. The normalized spacial score (nSPS) is 31.9. The molecule has 2 rings (SSSR count). The zero-order chi connectivity index (χ0) is 13.7. The fourth-order valence-electron chi connectivity index (χ4n) is 2.75. The van der Waals surface area contributed by atoms with Gasteiger partial charge in [-0.05, 0) is 39.5 Å². The number of nitrogens with zero attached hydrogens (tertiary/aromatic N) is 1. The number of ether oxygens (including phenoxy) is 1. The van der Waals surface area contributed by atoms with Crippen molar-refractivity contribution in [1.82, 2.24) is 4.90 Å². The SMILES string of the molecule is CC(C)(C)OC(=O)N1CCC[C@@H]2[C@H]1[C@@H]2C(F)(F)F. The first-order valence-electron chi connectivity index (χ1n) is 6.17. The number of likely N-dealkylation sites (tertiary alicyclic amines) is 1. The van der Waals surface area contributed by atoms with Crippen LogP contribution in [-0.4, -0.2) is 35.4 Å². The maximum absolute atomic E-state index is 12.7. The van der Waals surface area contributed by atoms with E-state index >= 15 is 0 Å². The van der Waals surface area contributed by atoms with E-state index in [9.17, 15) is 18.0 Å². The lowest BCUT2D eigenvalue weighted by Gasteiger charge is -2.30. The summed E-state index contributed by atoms with van der Waals surface area (Å²) in [6.07, 6.45) is -3.66. The number of rotatable bonds is 0. The minimum absolute atomic E-state index is 0.364. The first kappa shape index (κ1) is 13.5. The number of fused-ring (bicyclic) bond motifs is 1. The van der Waals surface area contributed by atoms with Crippen molar-refractivity contribution < 1.29 is 22.7 Å². The summed E-state index contributed by atoms with van der Waals surface area (Å²) in [5.74, 6) is -1.78. The average molecular weight is 265 g/mol. The van der Waals surface area contributed by atoms with Gasteiger partial charge < -0.3 is 9.64 Å². The Morgan fingerprint density at radius 1 is 1.28 bits per heavy atom. The number of alkyl halides is 3. The summed E-state index contributed by atoms with van der Waals surface area (Å²) in [6, 6.07) is -0.700. The Labute approximate surface area is 104 Å². The molecule has 0 spiro atoms. The smallest absolute Gasteiger partial charge is 0.410 e.